The molecule has 0 aliphatic carbocycles. The lowest BCUT2D eigenvalue weighted by molar-refractivity contribution is -0.137. The molecule has 0 radical (unpaired) electrons. The molecule has 2 N–H and O–H groups in total. The molecule has 4 aromatic rings. The highest BCUT2D eigenvalue weighted by Gasteiger charge is 2.30. The number of nitrogens with zero attached hydrogens (tertiary/aromatic N) is 2. The smallest absolute Gasteiger partial charge is 0.416 e. The lowest BCUT2D eigenvalue weighted by Crippen LogP contribution is -2.29. The average Bonchev–Trinajstić information content (AvgIpc) is 3.22. The number of rotatable bonds is 8. The second kappa shape index (κ2) is 10.7. The van der Waals surface area contributed by atoms with E-state index in [0.717, 1.165) is 23.3 Å². The number of halogens is 3. The number of fused-ring (bicyclic) bond motifs is 1. The summed E-state index contributed by atoms with van der Waals surface area (Å²) in [7, 11) is 0. The summed E-state index contributed by atoms with van der Waals surface area (Å²) in [5, 5.41) is 17.5. The van der Waals surface area contributed by atoms with Gasteiger partial charge in [0, 0.05) is 11.9 Å². The van der Waals surface area contributed by atoms with Gasteiger partial charge in [-0.3, -0.25) is 9.48 Å². The first-order chi connectivity index (χ1) is 17.9. The van der Waals surface area contributed by atoms with Gasteiger partial charge in [0.1, 0.15) is 5.69 Å². The van der Waals surface area contributed by atoms with Crippen molar-refractivity contribution in [3.63, 3.8) is 0 Å². The summed E-state index contributed by atoms with van der Waals surface area (Å²) < 4.78 is 40.7. The van der Waals surface area contributed by atoms with Gasteiger partial charge in [-0.25, -0.2) is 4.79 Å². The number of aromatic nitrogens is 2. The Bertz CT molecular complexity index is 1460. The minimum atomic E-state index is -4.41. The van der Waals surface area contributed by atoms with Crippen LogP contribution in [0.3, 0.4) is 0 Å². The van der Waals surface area contributed by atoms with Crippen molar-refractivity contribution in [2.24, 2.45) is 5.92 Å². The molecule has 0 spiro atoms. The Morgan fingerprint density at radius 3 is 2.21 bits per heavy atom. The molecule has 0 saturated carbocycles. The van der Waals surface area contributed by atoms with Crippen molar-refractivity contribution in [2.45, 2.75) is 46.0 Å². The van der Waals surface area contributed by atoms with E-state index in [1.165, 1.54) is 24.3 Å². The Balaban J connectivity index is 1.70. The van der Waals surface area contributed by atoms with Crippen molar-refractivity contribution >= 4 is 22.8 Å². The van der Waals surface area contributed by atoms with Crippen molar-refractivity contribution in [2.75, 3.05) is 0 Å². The van der Waals surface area contributed by atoms with Crippen LogP contribution < -0.4 is 5.32 Å². The second-order valence-corrected chi connectivity index (χ2v) is 9.73. The number of carboxylic acid groups (broad SMARTS) is 1. The van der Waals surface area contributed by atoms with E-state index in [4.69, 9.17) is 5.11 Å². The molecule has 9 heteroatoms. The number of carbonyl (C=O) groups excluding carboxylic acids is 1. The molecule has 0 saturated heterocycles. The third-order valence-electron chi connectivity index (χ3n) is 6.29. The van der Waals surface area contributed by atoms with Crippen LogP contribution in [0.25, 0.3) is 10.9 Å². The molecule has 198 valence electrons. The highest BCUT2D eigenvalue weighted by molar-refractivity contribution is 6.06. The van der Waals surface area contributed by atoms with Crippen molar-refractivity contribution in [3.8, 4) is 0 Å². The quantitative estimate of drug-likeness (QED) is 0.277. The Morgan fingerprint density at radius 1 is 0.974 bits per heavy atom. The van der Waals surface area contributed by atoms with E-state index in [0.29, 0.717) is 35.1 Å². The summed E-state index contributed by atoms with van der Waals surface area (Å²) in [5.74, 6) is -1.17. The zero-order chi connectivity index (χ0) is 27.6. The van der Waals surface area contributed by atoms with Crippen LogP contribution in [0.2, 0.25) is 0 Å². The first-order valence-electron chi connectivity index (χ1n) is 12.2. The fourth-order valence-corrected chi connectivity index (χ4v) is 4.40. The van der Waals surface area contributed by atoms with Crippen LogP contribution in [0, 0.1) is 5.92 Å². The molecular weight excluding hydrogens is 495 g/mol. The molecule has 1 heterocycles. The van der Waals surface area contributed by atoms with E-state index < -0.39 is 23.8 Å². The SMILES string of the molecule is CC(C)Cn1nc2cccc(Cc3ccc(C(F)(F)F)cc3)c2c1C(=O)N[C@@H](C)c1ccc(C(=O)O)cc1. The van der Waals surface area contributed by atoms with Crippen molar-refractivity contribution in [1.82, 2.24) is 15.1 Å². The molecule has 3 aromatic carbocycles. The Hall–Kier alpha value is -4.14. The summed E-state index contributed by atoms with van der Waals surface area (Å²) >= 11 is 0. The number of hydrogen-bond acceptors (Lipinski definition) is 3. The molecule has 0 fully saturated rings. The Kier molecular flexibility index (Phi) is 7.57. The standard InChI is InChI=1S/C29H28F3N3O3/c1-17(2)16-35-26(27(36)33-18(3)20-9-11-21(12-10-20)28(37)38)25-22(5-4-6-24(25)34-35)15-19-7-13-23(14-8-19)29(30,31)32/h4-14,17-18H,15-16H2,1-3H3,(H,33,36)(H,37,38)/t18-/m0/s1. The predicted octanol–water partition coefficient (Wildman–Crippen LogP) is 6.49. The molecule has 1 amide bonds. The maximum atomic E-state index is 13.6. The molecular formula is C29H28F3N3O3. The number of carboxylic acids is 1. The molecule has 0 bridgehead atoms. The summed E-state index contributed by atoms with van der Waals surface area (Å²) in [6.45, 7) is 6.34. The van der Waals surface area contributed by atoms with Gasteiger partial charge in [-0.05, 0) is 66.3 Å². The first kappa shape index (κ1) is 26.9. The van der Waals surface area contributed by atoms with E-state index in [-0.39, 0.29) is 17.4 Å². The van der Waals surface area contributed by atoms with Gasteiger partial charge < -0.3 is 10.4 Å². The topological polar surface area (TPSA) is 84.2 Å². The van der Waals surface area contributed by atoms with Crippen molar-refractivity contribution in [1.29, 1.82) is 0 Å². The van der Waals surface area contributed by atoms with Gasteiger partial charge in [0.2, 0.25) is 0 Å². The van der Waals surface area contributed by atoms with E-state index in [1.54, 1.807) is 16.8 Å². The Morgan fingerprint density at radius 2 is 1.63 bits per heavy atom. The number of benzene rings is 3. The van der Waals surface area contributed by atoms with Gasteiger partial charge in [-0.1, -0.05) is 50.2 Å². The number of carbonyl (C=O) groups is 2. The van der Waals surface area contributed by atoms with E-state index in [9.17, 15) is 22.8 Å². The maximum Gasteiger partial charge on any atom is 0.416 e. The van der Waals surface area contributed by atoms with E-state index in [1.807, 2.05) is 39.0 Å². The third-order valence-corrected chi connectivity index (χ3v) is 6.29. The summed E-state index contributed by atoms with van der Waals surface area (Å²) in [4.78, 5) is 24.8. The summed E-state index contributed by atoms with van der Waals surface area (Å²) in [6.07, 6.45) is -4.08. The number of hydrogen-bond donors (Lipinski definition) is 2. The summed E-state index contributed by atoms with van der Waals surface area (Å²) in [5.41, 5.74) is 2.65. The van der Waals surface area contributed by atoms with Gasteiger partial charge in [-0.2, -0.15) is 18.3 Å². The van der Waals surface area contributed by atoms with E-state index in [2.05, 4.69) is 10.4 Å². The average molecular weight is 524 g/mol. The molecule has 0 unspecified atom stereocenters. The molecule has 6 nitrogen and oxygen atoms in total. The molecule has 38 heavy (non-hydrogen) atoms. The number of alkyl halides is 3. The minimum absolute atomic E-state index is 0.154. The van der Waals surface area contributed by atoms with Crippen LogP contribution in [-0.4, -0.2) is 26.8 Å². The van der Waals surface area contributed by atoms with Gasteiger partial charge in [0.15, 0.2) is 0 Å². The van der Waals surface area contributed by atoms with Crippen LogP contribution in [0.1, 0.15) is 69.9 Å². The van der Waals surface area contributed by atoms with Gasteiger partial charge in [0.25, 0.3) is 5.91 Å². The number of nitrogens with one attached hydrogen (secondary N) is 1. The van der Waals surface area contributed by atoms with Crippen molar-refractivity contribution in [3.05, 3.63) is 100 Å². The normalized spacial score (nSPS) is 12.6. The highest BCUT2D eigenvalue weighted by atomic mass is 19.4. The van der Waals surface area contributed by atoms with Crippen LogP contribution in [-0.2, 0) is 19.1 Å². The molecule has 1 aromatic heterocycles. The first-order valence-corrected chi connectivity index (χ1v) is 12.2. The predicted molar refractivity (Wildman–Crippen MR) is 138 cm³/mol. The molecule has 1 atom stereocenters. The third kappa shape index (κ3) is 5.88. The van der Waals surface area contributed by atoms with Crippen LogP contribution >= 0.6 is 0 Å². The Labute approximate surface area is 218 Å². The van der Waals surface area contributed by atoms with Crippen LogP contribution in [0.15, 0.2) is 66.7 Å². The van der Waals surface area contributed by atoms with E-state index >= 15 is 0 Å². The lowest BCUT2D eigenvalue weighted by Gasteiger charge is -2.17. The number of amides is 1. The fraction of sp³-hybridized carbons (Fsp3) is 0.276. The molecule has 4 rings (SSSR count). The molecule has 0 aliphatic heterocycles. The van der Waals surface area contributed by atoms with Gasteiger partial charge in [0.05, 0.1) is 22.7 Å². The monoisotopic (exact) mass is 523 g/mol. The fourth-order valence-electron chi connectivity index (χ4n) is 4.40. The maximum absolute atomic E-state index is 13.6. The van der Waals surface area contributed by atoms with Gasteiger partial charge >= 0.3 is 12.1 Å². The number of aromatic carboxylic acids is 1. The van der Waals surface area contributed by atoms with Crippen LogP contribution in [0.5, 0.6) is 0 Å². The zero-order valence-corrected chi connectivity index (χ0v) is 21.2. The van der Waals surface area contributed by atoms with Crippen LogP contribution in [0.4, 0.5) is 13.2 Å². The largest absolute Gasteiger partial charge is 0.478 e. The van der Waals surface area contributed by atoms with Gasteiger partial charge in [-0.15, -0.1) is 0 Å². The second-order valence-electron chi connectivity index (χ2n) is 9.73. The lowest BCUT2D eigenvalue weighted by atomic mass is 9.98. The highest BCUT2D eigenvalue weighted by Crippen LogP contribution is 2.31. The summed E-state index contributed by atoms with van der Waals surface area (Å²) in [6, 6.07) is 16.4. The van der Waals surface area contributed by atoms with Crippen molar-refractivity contribution < 1.29 is 27.9 Å². The zero-order valence-electron chi connectivity index (χ0n) is 21.2. The molecule has 0 aliphatic rings. The minimum Gasteiger partial charge on any atom is -0.478 e.